The zero-order valence-corrected chi connectivity index (χ0v) is 10.5. The molecule has 100 valence electrons. The first-order chi connectivity index (χ1) is 9.13. The van der Waals surface area contributed by atoms with Crippen LogP contribution in [-0.4, -0.2) is 34.4 Å². The fourth-order valence-corrected chi connectivity index (χ4v) is 1.97. The van der Waals surface area contributed by atoms with Crippen LogP contribution in [0.5, 0.6) is 0 Å². The van der Waals surface area contributed by atoms with Crippen LogP contribution in [0.1, 0.15) is 18.1 Å². The van der Waals surface area contributed by atoms with Crippen LogP contribution in [-0.2, 0) is 9.53 Å². The first kappa shape index (κ1) is 13.5. The number of aliphatic hydroxyl groups excluding tert-OH is 2. The molecule has 0 spiro atoms. The van der Waals surface area contributed by atoms with E-state index in [9.17, 15) is 15.0 Å². The summed E-state index contributed by atoms with van der Waals surface area (Å²) in [6.45, 7) is 0. The summed E-state index contributed by atoms with van der Waals surface area (Å²) < 4.78 is 4.47. The smallest absolute Gasteiger partial charge is 0.308 e. The summed E-state index contributed by atoms with van der Waals surface area (Å²) in [5.41, 5.74) is 0.544. The van der Waals surface area contributed by atoms with Crippen molar-refractivity contribution in [3.63, 3.8) is 0 Å². The lowest BCUT2D eigenvalue weighted by atomic mass is 9.97. The highest BCUT2D eigenvalue weighted by Gasteiger charge is 2.23. The fraction of sp³-hybridized carbons (Fsp3) is 0.286. The standard InChI is InChI=1S/C14H15NO4/c1-19-13(17)7-12(16)14(18)10-4-2-3-9-5-6-15-8-11(9)10/h2-6,8,12,14,16,18H,7H2,1H3. The summed E-state index contributed by atoms with van der Waals surface area (Å²) in [4.78, 5) is 15.1. The number of esters is 1. The van der Waals surface area contributed by atoms with Gasteiger partial charge in [-0.05, 0) is 17.0 Å². The molecule has 0 amide bonds. The third-order valence-corrected chi connectivity index (χ3v) is 3.00. The van der Waals surface area contributed by atoms with E-state index < -0.39 is 18.2 Å². The van der Waals surface area contributed by atoms with Crippen molar-refractivity contribution in [3.05, 3.63) is 42.2 Å². The SMILES string of the molecule is COC(=O)CC(O)C(O)c1cccc2ccncc12. The van der Waals surface area contributed by atoms with E-state index in [0.29, 0.717) is 5.56 Å². The van der Waals surface area contributed by atoms with Crippen molar-refractivity contribution >= 4 is 16.7 Å². The highest BCUT2D eigenvalue weighted by molar-refractivity contribution is 5.85. The van der Waals surface area contributed by atoms with Gasteiger partial charge in [0.15, 0.2) is 0 Å². The van der Waals surface area contributed by atoms with Crippen molar-refractivity contribution in [1.29, 1.82) is 0 Å². The van der Waals surface area contributed by atoms with Gasteiger partial charge in [-0.1, -0.05) is 18.2 Å². The van der Waals surface area contributed by atoms with Crippen molar-refractivity contribution in [2.75, 3.05) is 7.11 Å². The number of carbonyl (C=O) groups is 1. The topological polar surface area (TPSA) is 79.7 Å². The number of hydrogen-bond donors (Lipinski definition) is 2. The summed E-state index contributed by atoms with van der Waals surface area (Å²) in [6.07, 6.45) is 0.654. The quantitative estimate of drug-likeness (QED) is 0.808. The predicted molar refractivity (Wildman–Crippen MR) is 69.3 cm³/mol. The van der Waals surface area contributed by atoms with Crippen LogP contribution in [0, 0.1) is 0 Å². The van der Waals surface area contributed by atoms with Crippen molar-refractivity contribution < 1.29 is 19.7 Å². The third-order valence-electron chi connectivity index (χ3n) is 3.00. The molecule has 2 aromatic rings. The third kappa shape index (κ3) is 2.89. The Morgan fingerprint density at radius 1 is 1.37 bits per heavy atom. The van der Waals surface area contributed by atoms with Crippen molar-refractivity contribution in [2.45, 2.75) is 18.6 Å². The Bertz CT molecular complexity index is 579. The van der Waals surface area contributed by atoms with Crippen LogP contribution < -0.4 is 0 Å². The van der Waals surface area contributed by atoms with Gasteiger partial charge in [-0.3, -0.25) is 9.78 Å². The van der Waals surface area contributed by atoms with Crippen molar-refractivity contribution in [1.82, 2.24) is 4.98 Å². The van der Waals surface area contributed by atoms with Crippen LogP contribution in [0.2, 0.25) is 0 Å². The van der Waals surface area contributed by atoms with Gasteiger partial charge in [-0.15, -0.1) is 0 Å². The molecule has 1 heterocycles. The molecule has 2 rings (SSSR count). The van der Waals surface area contributed by atoms with E-state index in [-0.39, 0.29) is 6.42 Å². The normalized spacial score (nSPS) is 14.1. The second kappa shape index (κ2) is 5.77. The molecular formula is C14H15NO4. The Balaban J connectivity index is 2.30. The highest BCUT2D eigenvalue weighted by Crippen LogP contribution is 2.26. The first-order valence-corrected chi connectivity index (χ1v) is 5.89. The molecule has 19 heavy (non-hydrogen) atoms. The Hall–Kier alpha value is -1.98. The van der Waals surface area contributed by atoms with Crippen LogP contribution in [0.4, 0.5) is 0 Å². The van der Waals surface area contributed by atoms with Crippen LogP contribution >= 0.6 is 0 Å². The Kier molecular flexibility index (Phi) is 4.09. The number of ether oxygens (including phenoxy) is 1. The number of benzene rings is 1. The lowest BCUT2D eigenvalue weighted by molar-refractivity contribution is -0.144. The minimum absolute atomic E-state index is 0.256. The van der Waals surface area contributed by atoms with Gasteiger partial charge in [0, 0.05) is 17.8 Å². The van der Waals surface area contributed by atoms with E-state index in [0.717, 1.165) is 10.8 Å². The van der Waals surface area contributed by atoms with Gasteiger partial charge in [0.25, 0.3) is 0 Å². The molecule has 5 heteroatoms. The number of aromatic nitrogens is 1. The van der Waals surface area contributed by atoms with E-state index in [1.54, 1.807) is 24.5 Å². The number of fused-ring (bicyclic) bond motifs is 1. The molecule has 0 radical (unpaired) electrons. The van der Waals surface area contributed by atoms with E-state index >= 15 is 0 Å². The van der Waals surface area contributed by atoms with Gasteiger partial charge in [0.2, 0.25) is 0 Å². The zero-order chi connectivity index (χ0) is 13.8. The first-order valence-electron chi connectivity index (χ1n) is 5.89. The van der Waals surface area contributed by atoms with Crippen molar-refractivity contribution in [2.24, 2.45) is 0 Å². The van der Waals surface area contributed by atoms with E-state index in [2.05, 4.69) is 9.72 Å². The molecule has 0 aliphatic carbocycles. The largest absolute Gasteiger partial charge is 0.469 e. The number of aliphatic hydroxyl groups is 2. The second-order valence-electron chi connectivity index (χ2n) is 4.24. The second-order valence-corrected chi connectivity index (χ2v) is 4.24. The summed E-state index contributed by atoms with van der Waals surface area (Å²) in [7, 11) is 1.24. The lowest BCUT2D eigenvalue weighted by Crippen LogP contribution is -2.22. The van der Waals surface area contributed by atoms with Gasteiger partial charge in [0.1, 0.15) is 6.10 Å². The van der Waals surface area contributed by atoms with Gasteiger partial charge < -0.3 is 14.9 Å². The molecule has 0 fully saturated rings. The van der Waals surface area contributed by atoms with E-state index in [1.807, 2.05) is 12.1 Å². The average Bonchev–Trinajstić information content (AvgIpc) is 2.45. The molecule has 1 aromatic heterocycles. The van der Waals surface area contributed by atoms with Crippen LogP contribution in [0.25, 0.3) is 10.8 Å². The Morgan fingerprint density at radius 2 is 2.16 bits per heavy atom. The summed E-state index contributed by atoms with van der Waals surface area (Å²) in [5, 5.41) is 21.7. The number of rotatable bonds is 4. The van der Waals surface area contributed by atoms with Crippen LogP contribution in [0.15, 0.2) is 36.7 Å². The van der Waals surface area contributed by atoms with E-state index in [4.69, 9.17) is 0 Å². The highest BCUT2D eigenvalue weighted by atomic mass is 16.5. The average molecular weight is 261 g/mol. The number of carbonyl (C=O) groups excluding carboxylic acids is 1. The molecule has 0 aliphatic rings. The maximum absolute atomic E-state index is 11.1. The van der Waals surface area contributed by atoms with Gasteiger partial charge >= 0.3 is 5.97 Å². The number of nitrogens with zero attached hydrogens (tertiary/aromatic N) is 1. The molecular weight excluding hydrogens is 246 g/mol. The maximum Gasteiger partial charge on any atom is 0.308 e. The molecule has 0 saturated heterocycles. The molecule has 0 aliphatic heterocycles. The maximum atomic E-state index is 11.1. The molecule has 5 nitrogen and oxygen atoms in total. The summed E-state index contributed by atoms with van der Waals surface area (Å²) in [6, 6.07) is 7.19. The Labute approximate surface area is 110 Å². The molecule has 2 atom stereocenters. The van der Waals surface area contributed by atoms with Gasteiger partial charge in [-0.25, -0.2) is 0 Å². The predicted octanol–water partition coefficient (Wildman–Crippen LogP) is 1.19. The number of hydrogen-bond acceptors (Lipinski definition) is 5. The van der Waals surface area contributed by atoms with Gasteiger partial charge in [-0.2, -0.15) is 0 Å². The zero-order valence-electron chi connectivity index (χ0n) is 10.5. The molecule has 0 bridgehead atoms. The Morgan fingerprint density at radius 3 is 2.89 bits per heavy atom. The minimum atomic E-state index is -1.21. The molecule has 1 aromatic carbocycles. The minimum Gasteiger partial charge on any atom is -0.469 e. The van der Waals surface area contributed by atoms with E-state index in [1.165, 1.54) is 7.11 Å². The van der Waals surface area contributed by atoms with Crippen LogP contribution in [0.3, 0.4) is 0 Å². The molecule has 0 saturated carbocycles. The summed E-state index contributed by atoms with van der Waals surface area (Å²) in [5.74, 6) is -0.565. The van der Waals surface area contributed by atoms with Gasteiger partial charge in [0.05, 0.1) is 19.6 Å². The number of methoxy groups -OCH3 is 1. The fourth-order valence-electron chi connectivity index (χ4n) is 1.97. The number of pyridine rings is 1. The molecule has 2 unspecified atom stereocenters. The summed E-state index contributed by atoms with van der Waals surface area (Å²) >= 11 is 0. The molecule has 2 N–H and O–H groups in total. The lowest BCUT2D eigenvalue weighted by Gasteiger charge is -2.18. The monoisotopic (exact) mass is 261 g/mol. The van der Waals surface area contributed by atoms with Crippen molar-refractivity contribution in [3.8, 4) is 0 Å².